The van der Waals surface area contributed by atoms with Crippen molar-refractivity contribution in [3.63, 3.8) is 0 Å². The summed E-state index contributed by atoms with van der Waals surface area (Å²) in [5, 5.41) is 12.0. The zero-order chi connectivity index (χ0) is 18.8. The van der Waals surface area contributed by atoms with Crippen LogP contribution in [0.5, 0.6) is 5.75 Å². The van der Waals surface area contributed by atoms with Gasteiger partial charge in [0.1, 0.15) is 17.3 Å². The first kappa shape index (κ1) is 17.1. The van der Waals surface area contributed by atoms with Gasteiger partial charge in [-0.15, -0.1) is 0 Å². The molecule has 0 radical (unpaired) electrons. The van der Waals surface area contributed by atoms with Gasteiger partial charge in [0.15, 0.2) is 0 Å². The molecule has 136 valence electrons. The maximum absolute atomic E-state index is 13.4. The van der Waals surface area contributed by atoms with Crippen molar-refractivity contribution in [1.82, 2.24) is 4.98 Å². The molecule has 2 N–H and O–H groups in total. The smallest absolute Gasteiger partial charge is 0.352 e. The summed E-state index contributed by atoms with van der Waals surface area (Å²) in [4.78, 5) is 14.5. The molecule has 0 bridgehead atoms. The fourth-order valence-corrected chi connectivity index (χ4v) is 3.42. The maximum atomic E-state index is 13.4. The van der Waals surface area contributed by atoms with Crippen LogP contribution in [0.3, 0.4) is 0 Å². The van der Waals surface area contributed by atoms with Crippen molar-refractivity contribution < 1.29 is 19.0 Å². The van der Waals surface area contributed by atoms with Crippen LogP contribution in [0.25, 0.3) is 21.7 Å². The highest BCUT2D eigenvalue weighted by molar-refractivity contribution is 5.97. The number of H-pyrrole nitrogens is 1. The first-order chi connectivity index (χ1) is 13.1. The third-order valence-corrected chi connectivity index (χ3v) is 4.66. The van der Waals surface area contributed by atoms with Crippen molar-refractivity contribution in [2.24, 2.45) is 0 Å². The third kappa shape index (κ3) is 3.36. The molecule has 0 atom stereocenters. The standard InChI is InChI=1S/C22H18FNO3/c23-15-10-11-16-14(13-15)5-3-9-20(16)27-12-4-7-18-17-6-1-2-8-19(17)24-21(18)22(25)26/h1-3,5-6,8-11,13,24H,4,7,12H2,(H,25,26). The van der Waals surface area contributed by atoms with Gasteiger partial charge < -0.3 is 14.8 Å². The Morgan fingerprint density at radius 2 is 1.89 bits per heavy atom. The van der Waals surface area contributed by atoms with Crippen molar-refractivity contribution in [2.75, 3.05) is 6.61 Å². The Morgan fingerprint density at radius 3 is 2.74 bits per heavy atom. The Labute approximate surface area is 155 Å². The topological polar surface area (TPSA) is 62.3 Å². The van der Waals surface area contributed by atoms with E-state index >= 15 is 0 Å². The van der Waals surface area contributed by atoms with Gasteiger partial charge in [-0.05, 0) is 54.1 Å². The van der Waals surface area contributed by atoms with Gasteiger partial charge in [-0.1, -0.05) is 30.3 Å². The Kier molecular flexibility index (Phi) is 4.50. The Bertz CT molecular complexity index is 1130. The van der Waals surface area contributed by atoms with E-state index in [9.17, 15) is 14.3 Å². The number of para-hydroxylation sites is 1. The monoisotopic (exact) mass is 363 g/mol. The average Bonchev–Trinajstić information content (AvgIpc) is 3.04. The second-order valence-electron chi connectivity index (χ2n) is 6.40. The van der Waals surface area contributed by atoms with Crippen molar-refractivity contribution in [1.29, 1.82) is 0 Å². The molecule has 1 aromatic heterocycles. The molecule has 3 aromatic carbocycles. The molecule has 1 heterocycles. The van der Waals surface area contributed by atoms with Gasteiger partial charge in [0.2, 0.25) is 0 Å². The molecule has 0 fully saturated rings. The number of aromatic amines is 1. The average molecular weight is 363 g/mol. The van der Waals surface area contributed by atoms with Crippen LogP contribution in [0, 0.1) is 5.82 Å². The molecule has 0 unspecified atom stereocenters. The SMILES string of the molecule is O=C(O)c1[nH]c2ccccc2c1CCCOc1cccc2cc(F)ccc12. The molecular weight excluding hydrogens is 345 g/mol. The zero-order valence-electron chi connectivity index (χ0n) is 14.5. The molecule has 4 nitrogen and oxygen atoms in total. The number of aromatic carboxylic acids is 1. The number of carboxylic acid groups (broad SMARTS) is 1. The fourth-order valence-electron chi connectivity index (χ4n) is 3.42. The van der Waals surface area contributed by atoms with Crippen LogP contribution in [-0.2, 0) is 6.42 Å². The summed E-state index contributed by atoms with van der Waals surface area (Å²) >= 11 is 0. The van der Waals surface area contributed by atoms with Crippen LogP contribution >= 0.6 is 0 Å². The lowest BCUT2D eigenvalue weighted by atomic mass is 10.1. The van der Waals surface area contributed by atoms with E-state index in [1.807, 2.05) is 42.5 Å². The number of nitrogens with one attached hydrogen (secondary N) is 1. The summed E-state index contributed by atoms with van der Waals surface area (Å²) in [6, 6.07) is 17.7. The number of aromatic nitrogens is 1. The van der Waals surface area contributed by atoms with Crippen LogP contribution < -0.4 is 4.74 Å². The van der Waals surface area contributed by atoms with Crippen LogP contribution in [0.1, 0.15) is 22.5 Å². The predicted octanol–water partition coefficient (Wildman–Crippen LogP) is 5.17. The van der Waals surface area contributed by atoms with Gasteiger partial charge in [0.25, 0.3) is 0 Å². The van der Waals surface area contributed by atoms with Gasteiger partial charge in [-0.3, -0.25) is 0 Å². The summed E-state index contributed by atoms with van der Waals surface area (Å²) in [6.45, 7) is 0.440. The molecule has 0 aliphatic heterocycles. The quantitative estimate of drug-likeness (QED) is 0.465. The van der Waals surface area contributed by atoms with Crippen molar-refractivity contribution in [2.45, 2.75) is 12.8 Å². The molecule has 27 heavy (non-hydrogen) atoms. The van der Waals surface area contributed by atoms with E-state index in [-0.39, 0.29) is 11.5 Å². The molecule has 0 saturated carbocycles. The van der Waals surface area contributed by atoms with E-state index in [0.717, 1.165) is 27.2 Å². The number of carboxylic acids is 1. The number of hydrogen-bond donors (Lipinski definition) is 2. The summed E-state index contributed by atoms with van der Waals surface area (Å²) in [5.41, 5.74) is 1.85. The predicted molar refractivity (Wildman–Crippen MR) is 103 cm³/mol. The number of halogens is 1. The molecule has 0 spiro atoms. The van der Waals surface area contributed by atoms with E-state index in [2.05, 4.69) is 4.98 Å². The molecule has 4 aromatic rings. The lowest BCUT2D eigenvalue weighted by Gasteiger charge is -2.09. The van der Waals surface area contributed by atoms with Crippen LogP contribution in [0.15, 0.2) is 60.7 Å². The van der Waals surface area contributed by atoms with Gasteiger partial charge in [-0.2, -0.15) is 0 Å². The van der Waals surface area contributed by atoms with Gasteiger partial charge in [0.05, 0.1) is 6.61 Å². The first-order valence-electron chi connectivity index (χ1n) is 8.77. The largest absolute Gasteiger partial charge is 0.493 e. The minimum atomic E-state index is -0.960. The number of aryl methyl sites for hydroxylation is 1. The van der Waals surface area contributed by atoms with Crippen molar-refractivity contribution >= 4 is 27.6 Å². The van der Waals surface area contributed by atoms with E-state index < -0.39 is 5.97 Å². The molecule has 5 heteroatoms. The van der Waals surface area contributed by atoms with Crippen molar-refractivity contribution in [3.8, 4) is 5.75 Å². The lowest BCUT2D eigenvalue weighted by molar-refractivity contribution is 0.0690. The number of fused-ring (bicyclic) bond motifs is 2. The zero-order valence-corrected chi connectivity index (χ0v) is 14.5. The van der Waals surface area contributed by atoms with Crippen LogP contribution in [0.4, 0.5) is 4.39 Å². The van der Waals surface area contributed by atoms with Gasteiger partial charge in [-0.25, -0.2) is 9.18 Å². The number of benzene rings is 3. The molecule has 0 aliphatic carbocycles. The molecule has 0 aliphatic rings. The third-order valence-electron chi connectivity index (χ3n) is 4.66. The number of hydrogen-bond acceptors (Lipinski definition) is 2. The second-order valence-corrected chi connectivity index (χ2v) is 6.40. The molecule has 0 saturated heterocycles. The van der Waals surface area contributed by atoms with Gasteiger partial charge in [0, 0.05) is 16.3 Å². The summed E-state index contributed by atoms with van der Waals surface area (Å²) in [5.74, 6) is -0.539. The summed E-state index contributed by atoms with van der Waals surface area (Å²) in [7, 11) is 0. The van der Waals surface area contributed by atoms with E-state index in [0.29, 0.717) is 25.2 Å². The summed E-state index contributed by atoms with van der Waals surface area (Å²) < 4.78 is 19.3. The number of rotatable bonds is 6. The fraction of sp³-hybridized carbons (Fsp3) is 0.136. The summed E-state index contributed by atoms with van der Waals surface area (Å²) in [6.07, 6.45) is 1.25. The Hall–Kier alpha value is -3.34. The lowest BCUT2D eigenvalue weighted by Crippen LogP contribution is -2.04. The molecule has 0 amide bonds. The first-order valence-corrected chi connectivity index (χ1v) is 8.77. The Morgan fingerprint density at radius 1 is 1.04 bits per heavy atom. The van der Waals surface area contributed by atoms with Gasteiger partial charge >= 0.3 is 5.97 Å². The minimum Gasteiger partial charge on any atom is -0.493 e. The van der Waals surface area contributed by atoms with E-state index in [4.69, 9.17) is 4.74 Å². The number of ether oxygens (including phenoxy) is 1. The second kappa shape index (κ2) is 7.11. The van der Waals surface area contributed by atoms with Crippen molar-refractivity contribution in [3.05, 3.63) is 77.7 Å². The highest BCUT2D eigenvalue weighted by Crippen LogP contribution is 2.27. The number of carbonyl (C=O) groups is 1. The molecule has 4 rings (SSSR count). The van der Waals surface area contributed by atoms with Crippen LogP contribution in [-0.4, -0.2) is 22.7 Å². The Balaban J connectivity index is 1.49. The van der Waals surface area contributed by atoms with E-state index in [1.54, 1.807) is 6.07 Å². The minimum absolute atomic E-state index is 0.233. The molecular formula is C22H18FNO3. The highest BCUT2D eigenvalue weighted by atomic mass is 19.1. The maximum Gasteiger partial charge on any atom is 0.352 e. The van der Waals surface area contributed by atoms with E-state index in [1.165, 1.54) is 12.1 Å². The van der Waals surface area contributed by atoms with Crippen LogP contribution in [0.2, 0.25) is 0 Å². The highest BCUT2D eigenvalue weighted by Gasteiger charge is 2.16. The normalized spacial score (nSPS) is 11.1.